The van der Waals surface area contributed by atoms with Crippen LogP contribution in [0.1, 0.15) is 24.2 Å². The molecule has 0 atom stereocenters. The molecule has 1 aliphatic rings. The zero-order chi connectivity index (χ0) is 21.2. The van der Waals surface area contributed by atoms with E-state index in [2.05, 4.69) is 33.0 Å². The van der Waals surface area contributed by atoms with E-state index in [4.69, 9.17) is 9.68 Å². The summed E-state index contributed by atoms with van der Waals surface area (Å²) in [5.41, 5.74) is 4.15. The number of hydrogen-bond acceptors (Lipinski definition) is 4. The Balaban J connectivity index is 1.10. The number of piperazine rings is 1. The summed E-state index contributed by atoms with van der Waals surface area (Å²) in [5, 5.41) is 11.0. The first-order valence-electron chi connectivity index (χ1n) is 10.9. The molecule has 5 nitrogen and oxygen atoms in total. The van der Waals surface area contributed by atoms with Crippen LogP contribution in [0.3, 0.4) is 0 Å². The second-order valence-electron chi connectivity index (χ2n) is 8.23. The van der Waals surface area contributed by atoms with Gasteiger partial charge in [-0.05, 0) is 67.8 Å². The van der Waals surface area contributed by atoms with E-state index in [-0.39, 0.29) is 5.82 Å². The summed E-state index contributed by atoms with van der Waals surface area (Å²) >= 11 is 0. The fraction of sp³-hybridized carbons (Fsp3) is 0.320. The van der Waals surface area contributed by atoms with Gasteiger partial charge in [-0.15, -0.1) is 0 Å². The SMILES string of the molecule is N#Cc1cc2cc(N3CCN(CCCCc4c[nH]c5ccc(F)cc45)CC3)ccc2o1. The highest BCUT2D eigenvalue weighted by Crippen LogP contribution is 2.26. The fourth-order valence-electron chi connectivity index (χ4n) is 4.52. The molecular weight excluding hydrogens is 391 g/mol. The number of halogens is 1. The predicted molar refractivity (Wildman–Crippen MR) is 121 cm³/mol. The topological polar surface area (TPSA) is 59.2 Å². The normalized spacial score (nSPS) is 15.0. The van der Waals surface area contributed by atoms with Crippen LogP contribution in [0.15, 0.2) is 53.1 Å². The second-order valence-corrected chi connectivity index (χ2v) is 8.23. The molecule has 0 spiro atoms. The lowest BCUT2D eigenvalue weighted by Gasteiger charge is -2.36. The summed E-state index contributed by atoms with van der Waals surface area (Å²) in [5.74, 6) is 0.179. The number of anilines is 1. The number of nitrogens with one attached hydrogen (secondary N) is 1. The molecule has 1 N–H and O–H groups in total. The number of rotatable bonds is 6. The second kappa shape index (κ2) is 8.44. The van der Waals surface area contributed by atoms with Gasteiger partial charge in [0.1, 0.15) is 17.5 Å². The van der Waals surface area contributed by atoms with Crippen LogP contribution in [-0.4, -0.2) is 42.6 Å². The van der Waals surface area contributed by atoms with Gasteiger partial charge < -0.3 is 14.3 Å². The van der Waals surface area contributed by atoms with E-state index in [1.807, 2.05) is 12.3 Å². The molecule has 2 aromatic heterocycles. The first kappa shape index (κ1) is 19.7. The smallest absolute Gasteiger partial charge is 0.204 e. The van der Waals surface area contributed by atoms with E-state index in [9.17, 15) is 4.39 Å². The Morgan fingerprint density at radius 1 is 1.03 bits per heavy atom. The van der Waals surface area contributed by atoms with Gasteiger partial charge in [0.05, 0.1) is 0 Å². The van der Waals surface area contributed by atoms with Crippen molar-refractivity contribution in [1.82, 2.24) is 9.88 Å². The average Bonchev–Trinajstić information content (AvgIpc) is 3.40. The number of furan rings is 1. The van der Waals surface area contributed by atoms with Crippen LogP contribution in [0.2, 0.25) is 0 Å². The number of fused-ring (bicyclic) bond motifs is 2. The summed E-state index contributed by atoms with van der Waals surface area (Å²) < 4.78 is 19.0. The van der Waals surface area contributed by atoms with Crippen LogP contribution in [0, 0.1) is 17.1 Å². The highest BCUT2D eigenvalue weighted by Gasteiger charge is 2.17. The lowest BCUT2D eigenvalue weighted by atomic mass is 10.1. The molecule has 0 unspecified atom stereocenters. The van der Waals surface area contributed by atoms with E-state index in [1.54, 1.807) is 18.2 Å². The van der Waals surface area contributed by atoms with Crippen molar-refractivity contribution >= 4 is 27.6 Å². The third-order valence-corrected chi connectivity index (χ3v) is 6.25. The van der Waals surface area contributed by atoms with Crippen molar-refractivity contribution in [2.75, 3.05) is 37.6 Å². The van der Waals surface area contributed by atoms with Crippen LogP contribution in [0.25, 0.3) is 21.9 Å². The van der Waals surface area contributed by atoms with Crippen LogP contribution in [-0.2, 0) is 6.42 Å². The van der Waals surface area contributed by atoms with Crippen LogP contribution >= 0.6 is 0 Å². The number of aromatic nitrogens is 1. The Labute approximate surface area is 180 Å². The first-order valence-corrected chi connectivity index (χ1v) is 10.9. The number of nitrogens with zero attached hydrogens (tertiary/aromatic N) is 3. The fourth-order valence-corrected chi connectivity index (χ4v) is 4.52. The molecule has 0 saturated carbocycles. The number of hydrogen-bond donors (Lipinski definition) is 1. The molecule has 6 heteroatoms. The van der Waals surface area contributed by atoms with Crippen molar-refractivity contribution in [3.8, 4) is 6.07 Å². The molecule has 4 aromatic rings. The van der Waals surface area contributed by atoms with Gasteiger partial charge in [-0.3, -0.25) is 4.90 Å². The molecule has 158 valence electrons. The quantitative estimate of drug-likeness (QED) is 0.446. The van der Waals surface area contributed by atoms with Gasteiger partial charge in [0.2, 0.25) is 5.76 Å². The molecule has 0 aliphatic carbocycles. The van der Waals surface area contributed by atoms with Gasteiger partial charge in [0, 0.05) is 60.4 Å². The summed E-state index contributed by atoms with van der Waals surface area (Å²) in [6, 6.07) is 14.9. The maximum Gasteiger partial charge on any atom is 0.204 e. The number of nitriles is 1. The van der Waals surface area contributed by atoms with E-state index in [0.29, 0.717) is 5.76 Å². The maximum absolute atomic E-state index is 13.5. The number of H-pyrrole nitrogens is 1. The number of aryl methyl sites for hydroxylation is 1. The minimum Gasteiger partial charge on any atom is -0.446 e. The standard InChI is InChI=1S/C25H25FN4O/c26-20-4-6-24-23(15-20)18(17-28-24)3-1-2-8-29-9-11-30(12-10-29)21-5-7-25-19(13-21)14-22(16-27)31-25/h4-7,13-15,17,28H,1-3,8-12H2. The van der Waals surface area contributed by atoms with Crippen molar-refractivity contribution in [2.45, 2.75) is 19.3 Å². The van der Waals surface area contributed by atoms with Crippen molar-refractivity contribution in [1.29, 1.82) is 5.26 Å². The van der Waals surface area contributed by atoms with E-state index in [0.717, 1.165) is 73.9 Å². The highest BCUT2D eigenvalue weighted by atomic mass is 19.1. The van der Waals surface area contributed by atoms with Crippen LogP contribution in [0.4, 0.5) is 10.1 Å². The van der Waals surface area contributed by atoms with Crippen molar-refractivity contribution in [3.63, 3.8) is 0 Å². The lowest BCUT2D eigenvalue weighted by molar-refractivity contribution is 0.253. The Bertz CT molecular complexity index is 1240. The van der Waals surface area contributed by atoms with Gasteiger partial charge in [0.15, 0.2) is 0 Å². The molecule has 1 saturated heterocycles. The zero-order valence-corrected chi connectivity index (χ0v) is 17.4. The minimum atomic E-state index is -0.177. The molecule has 5 rings (SSSR count). The summed E-state index contributed by atoms with van der Waals surface area (Å²) in [4.78, 5) is 8.16. The predicted octanol–water partition coefficient (Wildman–Crippen LogP) is 5.07. The minimum absolute atomic E-state index is 0.177. The molecule has 3 heterocycles. The molecule has 0 bridgehead atoms. The third-order valence-electron chi connectivity index (χ3n) is 6.25. The summed E-state index contributed by atoms with van der Waals surface area (Å²) in [7, 11) is 0. The van der Waals surface area contributed by atoms with Crippen molar-refractivity contribution < 1.29 is 8.81 Å². The molecular formula is C25H25FN4O. The van der Waals surface area contributed by atoms with Crippen LogP contribution < -0.4 is 4.90 Å². The Morgan fingerprint density at radius 3 is 2.74 bits per heavy atom. The Kier molecular flexibility index (Phi) is 5.35. The zero-order valence-electron chi connectivity index (χ0n) is 17.4. The van der Waals surface area contributed by atoms with Gasteiger partial charge in [0.25, 0.3) is 0 Å². The lowest BCUT2D eigenvalue weighted by Crippen LogP contribution is -2.46. The molecule has 1 fully saturated rings. The molecule has 0 radical (unpaired) electrons. The highest BCUT2D eigenvalue weighted by molar-refractivity contribution is 5.83. The largest absolute Gasteiger partial charge is 0.446 e. The van der Waals surface area contributed by atoms with Gasteiger partial charge in [-0.25, -0.2) is 4.39 Å². The first-order chi connectivity index (χ1) is 15.2. The Hall–Kier alpha value is -3.30. The average molecular weight is 417 g/mol. The third kappa shape index (κ3) is 4.14. The number of unbranched alkanes of at least 4 members (excludes halogenated alkanes) is 1. The number of benzene rings is 2. The van der Waals surface area contributed by atoms with E-state index in [1.165, 1.54) is 17.3 Å². The monoisotopic (exact) mass is 416 g/mol. The molecule has 31 heavy (non-hydrogen) atoms. The summed E-state index contributed by atoms with van der Waals surface area (Å²) in [6.07, 6.45) is 5.22. The molecule has 2 aromatic carbocycles. The Morgan fingerprint density at radius 2 is 1.90 bits per heavy atom. The summed E-state index contributed by atoms with van der Waals surface area (Å²) in [6.45, 7) is 5.18. The molecule has 1 aliphatic heterocycles. The van der Waals surface area contributed by atoms with Gasteiger partial charge in [-0.2, -0.15) is 5.26 Å². The van der Waals surface area contributed by atoms with Gasteiger partial charge >= 0.3 is 0 Å². The van der Waals surface area contributed by atoms with Crippen molar-refractivity contribution in [2.24, 2.45) is 0 Å². The molecule has 0 amide bonds. The number of aromatic amines is 1. The maximum atomic E-state index is 13.5. The van der Waals surface area contributed by atoms with Crippen LogP contribution in [0.5, 0.6) is 0 Å². The van der Waals surface area contributed by atoms with Gasteiger partial charge in [-0.1, -0.05) is 0 Å². The van der Waals surface area contributed by atoms with E-state index >= 15 is 0 Å². The van der Waals surface area contributed by atoms with Crippen molar-refractivity contribution in [3.05, 3.63) is 65.8 Å². The van der Waals surface area contributed by atoms with E-state index < -0.39 is 0 Å².